The van der Waals surface area contributed by atoms with Crippen molar-refractivity contribution < 1.29 is 14.7 Å². The molecule has 0 saturated heterocycles. The van der Waals surface area contributed by atoms with Crippen molar-refractivity contribution in [2.24, 2.45) is 5.92 Å². The molecule has 0 radical (unpaired) electrons. The number of hydrogen-bond donors (Lipinski definition) is 2. The highest BCUT2D eigenvalue weighted by atomic mass is 16.4. The molecular formula is C13H16N2O3. The van der Waals surface area contributed by atoms with Gasteiger partial charge in [-0.25, -0.2) is 0 Å². The number of fused-ring (bicyclic) bond motifs is 1. The Morgan fingerprint density at radius 1 is 1.44 bits per heavy atom. The van der Waals surface area contributed by atoms with Gasteiger partial charge in [-0.3, -0.25) is 9.59 Å². The molecule has 1 aliphatic rings. The highest BCUT2D eigenvalue weighted by molar-refractivity contribution is 6.02. The van der Waals surface area contributed by atoms with Crippen molar-refractivity contribution in [1.29, 1.82) is 0 Å². The molecule has 1 aromatic rings. The number of carbonyl (C=O) groups is 2. The Kier molecular flexibility index (Phi) is 3.23. The molecule has 0 fully saturated rings. The van der Waals surface area contributed by atoms with Gasteiger partial charge in [-0.1, -0.05) is 26.0 Å². The van der Waals surface area contributed by atoms with E-state index in [9.17, 15) is 9.59 Å². The average molecular weight is 248 g/mol. The molecule has 1 aromatic carbocycles. The third-order valence-electron chi connectivity index (χ3n) is 2.99. The highest BCUT2D eigenvalue weighted by Crippen LogP contribution is 2.27. The molecule has 2 N–H and O–H groups in total. The molecule has 1 atom stereocenters. The Balaban J connectivity index is 2.39. The molecule has 18 heavy (non-hydrogen) atoms. The number of aliphatic carboxylic acids is 1. The zero-order valence-corrected chi connectivity index (χ0v) is 10.4. The standard InChI is InChI=1S/C13H16N2O3/c1-8(2)12-14-10-6-4-3-5-9(10)13(18)15(12)7-11(16)17/h3-6,8,12,14H,7H2,1-2H3,(H,16,17). The molecule has 2 rings (SSSR count). The van der Waals surface area contributed by atoms with Crippen molar-refractivity contribution in [3.8, 4) is 0 Å². The largest absolute Gasteiger partial charge is 0.480 e. The van der Waals surface area contributed by atoms with Gasteiger partial charge in [0.25, 0.3) is 5.91 Å². The third-order valence-corrected chi connectivity index (χ3v) is 2.99. The van der Waals surface area contributed by atoms with Gasteiger partial charge in [0.15, 0.2) is 0 Å². The number of para-hydroxylation sites is 1. The first-order chi connectivity index (χ1) is 8.50. The summed E-state index contributed by atoms with van der Waals surface area (Å²) >= 11 is 0. The number of carbonyl (C=O) groups excluding carboxylic acids is 1. The lowest BCUT2D eigenvalue weighted by atomic mass is 10.0. The lowest BCUT2D eigenvalue weighted by Crippen LogP contribution is -2.53. The van der Waals surface area contributed by atoms with Crippen LogP contribution in [0.5, 0.6) is 0 Å². The molecule has 1 heterocycles. The van der Waals surface area contributed by atoms with Crippen molar-refractivity contribution in [2.75, 3.05) is 11.9 Å². The number of carboxylic acid groups (broad SMARTS) is 1. The van der Waals surface area contributed by atoms with Crippen molar-refractivity contribution >= 4 is 17.6 Å². The monoisotopic (exact) mass is 248 g/mol. The smallest absolute Gasteiger partial charge is 0.323 e. The molecule has 96 valence electrons. The average Bonchev–Trinajstić information content (AvgIpc) is 2.32. The maximum atomic E-state index is 12.3. The van der Waals surface area contributed by atoms with Gasteiger partial charge in [-0.2, -0.15) is 0 Å². The zero-order chi connectivity index (χ0) is 13.3. The fourth-order valence-electron chi connectivity index (χ4n) is 2.16. The van der Waals surface area contributed by atoms with Crippen LogP contribution in [-0.4, -0.2) is 34.6 Å². The van der Waals surface area contributed by atoms with Crippen molar-refractivity contribution in [2.45, 2.75) is 20.0 Å². The number of amides is 1. The quantitative estimate of drug-likeness (QED) is 0.852. The number of carboxylic acids is 1. The van der Waals surface area contributed by atoms with E-state index in [0.717, 1.165) is 5.69 Å². The van der Waals surface area contributed by atoms with Crippen molar-refractivity contribution in [3.63, 3.8) is 0 Å². The second-order valence-corrected chi connectivity index (χ2v) is 4.71. The predicted octanol–water partition coefficient (Wildman–Crippen LogP) is 1.62. The van der Waals surface area contributed by atoms with E-state index in [1.165, 1.54) is 4.90 Å². The van der Waals surface area contributed by atoms with E-state index in [1.54, 1.807) is 12.1 Å². The Labute approximate surface area is 105 Å². The van der Waals surface area contributed by atoms with Crippen molar-refractivity contribution in [1.82, 2.24) is 4.90 Å². The van der Waals surface area contributed by atoms with E-state index in [2.05, 4.69) is 5.32 Å². The molecule has 0 saturated carbocycles. The Morgan fingerprint density at radius 3 is 2.72 bits per heavy atom. The highest BCUT2D eigenvalue weighted by Gasteiger charge is 2.34. The number of anilines is 1. The normalized spacial score (nSPS) is 18.5. The molecule has 0 aliphatic carbocycles. The van der Waals surface area contributed by atoms with Gasteiger partial charge in [-0.05, 0) is 18.1 Å². The van der Waals surface area contributed by atoms with Gasteiger partial charge in [-0.15, -0.1) is 0 Å². The fourth-order valence-corrected chi connectivity index (χ4v) is 2.16. The van der Waals surface area contributed by atoms with Crippen LogP contribution in [0.25, 0.3) is 0 Å². The molecule has 1 unspecified atom stereocenters. The number of hydrogen-bond acceptors (Lipinski definition) is 3. The van der Waals surface area contributed by atoms with Gasteiger partial charge < -0.3 is 15.3 Å². The summed E-state index contributed by atoms with van der Waals surface area (Å²) in [6.07, 6.45) is -0.288. The maximum absolute atomic E-state index is 12.3. The lowest BCUT2D eigenvalue weighted by molar-refractivity contribution is -0.138. The molecule has 1 aliphatic heterocycles. The maximum Gasteiger partial charge on any atom is 0.323 e. The van der Waals surface area contributed by atoms with Gasteiger partial charge >= 0.3 is 5.97 Å². The number of rotatable bonds is 3. The first-order valence-corrected chi connectivity index (χ1v) is 5.89. The molecule has 0 bridgehead atoms. The van der Waals surface area contributed by atoms with Crippen LogP contribution in [0, 0.1) is 5.92 Å². The van der Waals surface area contributed by atoms with Crippen molar-refractivity contribution in [3.05, 3.63) is 29.8 Å². The SMILES string of the molecule is CC(C)C1Nc2ccccc2C(=O)N1CC(=O)O. The summed E-state index contributed by atoms with van der Waals surface area (Å²) in [6, 6.07) is 7.16. The molecule has 1 amide bonds. The minimum Gasteiger partial charge on any atom is -0.480 e. The van der Waals surface area contributed by atoms with E-state index in [0.29, 0.717) is 5.56 Å². The topological polar surface area (TPSA) is 69.6 Å². The zero-order valence-electron chi connectivity index (χ0n) is 10.4. The van der Waals surface area contributed by atoms with Gasteiger partial charge in [0.2, 0.25) is 0 Å². The molecule has 5 heteroatoms. The third kappa shape index (κ3) is 2.16. The second kappa shape index (κ2) is 4.68. The van der Waals surface area contributed by atoms with Crippen LogP contribution >= 0.6 is 0 Å². The Hall–Kier alpha value is -2.04. The van der Waals surface area contributed by atoms with Gasteiger partial charge in [0.05, 0.1) is 5.56 Å². The van der Waals surface area contributed by atoms with Crippen LogP contribution in [-0.2, 0) is 4.79 Å². The van der Waals surface area contributed by atoms with Crippen LogP contribution < -0.4 is 5.32 Å². The van der Waals surface area contributed by atoms with Crippen LogP contribution in [0.4, 0.5) is 5.69 Å². The van der Waals surface area contributed by atoms with Crippen LogP contribution in [0.3, 0.4) is 0 Å². The first-order valence-electron chi connectivity index (χ1n) is 5.89. The summed E-state index contributed by atoms with van der Waals surface area (Å²) in [5, 5.41) is 12.1. The second-order valence-electron chi connectivity index (χ2n) is 4.71. The number of nitrogens with one attached hydrogen (secondary N) is 1. The van der Waals surface area contributed by atoms with E-state index >= 15 is 0 Å². The molecule has 0 spiro atoms. The molecular weight excluding hydrogens is 232 g/mol. The summed E-state index contributed by atoms with van der Waals surface area (Å²) in [5.41, 5.74) is 1.29. The Bertz CT molecular complexity index is 485. The molecule has 5 nitrogen and oxygen atoms in total. The summed E-state index contributed by atoms with van der Waals surface area (Å²) in [7, 11) is 0. The number of nitrogens with zero attached hydrogens (tertiary/aromatic N) is 1. The van der Waals surface area contributed by atoms with Crippen LogP contribution in [0.1, 0.15) is 24.2 Å². The summed E-state index contributed by atoms with van der Waals surface area (Å²) < 4.78 is 0. The number of benzene rings is 1. The fraction of sp³-hybridized carbons (Fsp3) is 0.385. The van der Waals surface area contributed by atoms with E-state index in [-0.39, 0.29) is 24.5 Å². The molecule has 0 aromatic heterocycles. The van der Waals surface area contributed by atoms with E-state index in [1.807, 2.05) is 26.0 Å². The lowest BCUT2D eigenvalue weighted by Gasteiger charge is -2.39. The van der Waals surface area contributed by atoms with Crippen LogP contribution in [0.15, 0.2) is 24.3 Å². The van der Waals surface area contributed by atoms with Gasteiger partial charge in [0, 0.05) is 5.69 Å². The summed E-state index contributed by atoms with van der Waals surface area (Å²) in [5.74, 6) is -1.11. The first kappa shape index (κ1) is 12.4. The summed E-state index contributed by atoms with van der Waals surface area (Å²) in [6.45, 7) is 3.62. The predicted molar refractivity (Wildman–Crippen MR) is 67.4 cm³/mol. The van der Waals surface area contributed by atoms with E-state index in [4.69, 9.17) is 5.11 Å². The van der Waals surface area contributed by atoms with Crippen LogP contribution in [0.2, 0.25) is 0 Å². The van der Waals surface area contributed by atoms with E-state index < -0.39 is 5.97 Å². The minimum atomic E-state index is -1.00. The summed E-state index contributed by atoms with van der Waals surface area (Å²) in [4.78, 5) is 24.5. The Morgan fingerprint density at radius 2 is 2.11 bits per heavy atom. The van der Waals surface area contributed by atoms with Gasteiger partial charge in [0.1, 0.15) is 12.7 Å². The minimum absolute atomic E-state index is 0.127.